The maximum Gasteiger partial charge on any atom is 0.338 e. The Bertz CT molecular complexity index is 788. The van der Waals surface area contributed by atoms with Gasteiger partial charge in [-0.3, -0.25) is 9.78 Å². The molecule has 0 amide bonds. The molecule has 5 nitrogen and oxygen atoms in total. The zero-order valence-electron chi connectivity index (χ0n) is 10.3. The fraction of sp³-hybridized carbons (Fsp3) is 0. The summed E-state index contributed by atoms with van der Waals surface area (Å²) in [6, 6.07) is 12.0. The molecular weight excluding hydrogens is 256 g/mol. The molecule has 3 aromatic rings. The smallest absolute Gasteiger partial charge is 0.338 e. The van der Waals surface area contributed by atoms with E-state index in [-0.39, 0.29) is 11.3 Å². The standard InChI is InChI=1S/C15H10N2O3/c18-14(13-10(15(19)20)5-3-7-16-13)12-8-9-4-1-2-6-11(9)17-12/h1-8,17H,(H,19,20). The van der Waals surface area contributed by atoms with E-state index in [1.54, 1.807) is 6.07 Å². The van der Waals surface area contributed by atoms with Gasteiger partial charge in [-0.15, -0.1) is 0 Å². The molecule has 0 aliphatic heterocycles. The van der Waals surface area contributed by atoms with E-state index in [1.807, 2.05) is 24.3 Å². The lowest BCUT2D eigenvalue weighted by molar-refractivity contribution is 0.0692. The van der Waals surface area contributed by atoms with Crippen molar-refractivity contribution in [3.8, 4) is 0 Å². The summed E-state index contributed by atoms with van der Waals surface area (Å²) >= 11 is 0. The number of benzene rings is 1. The van der Waals surface area contributed by atoms with E-state index in [2.05, 4.69) is 9.97 Å². The number of para-hydroxylation sites is 1. The van der Waals surface area contributed by atoms with Gasteiger partial charge >= 0.3 is 5.97 Å². The predicted molar refractivity (Wildman–Crippen MR) is 72.9 cm³/mol. The first-order valence-electron chi connectivity index (χ1n) is 5.97. The van der Waals surface area contributed by atoms with Gasteiger partial charge in [0.05, 0.1) is 11.3 Å². The first kappa shape index (κ1) is 12.1. The Balaban J connectivity index is 2.11. The summed E-state index contributed by atoms with van der Waals surface area (Å²) in [5.41, 5.74) is 0.985. The van der Waals surface area contributed by atoms with Crippen molar-refractivity contribution in [2.45, 2.75) is 0 Å². The van der Waals surface area contributed by atoms with Crippen LogP contribution < -0.4 is 0 Å². The molecule has 0 unspecified atom stereocenters. The topological polar surface area (TPSA) is 83.0 Å². The highest BCUT2D eigenvalue weighted by molar-refractivity contribution is 6.13. The number of hydrogen-bond donors (Lipinski definition) is 2. The van der Waals surface area contributed by atoms with E-state index in [4.69, 9.17) is 5.11 Å². The van der Waals surface area contributed by atoms with Gasteiger partial charge in [0.15, 0.2) is 0 Å². The molecule has 0 saturated carbocycles. The molecule has 2 aromatic heterocycles. The first-order valence-corrected chi connectivity index (χ1v) is 5.97. The second kappa shape index (κ2) is 4.62. The van der Waals surface area contributed by atoms with E-state index in [9.17, 15) is 9.59 Å². The summed E-state index contributed by atoms with van der Waals surface area (Å²) in [4.78, 5) is 30.4. The van der Waals surface area contributed by atoms with Crippen LogP contribution in [0.2, 0.25) is 0 Å². The first-order chi connectivity index (χ1) is 9.66. The number of pyridine rings is 1. The van der Waals surface area contributed by atoms with Crippen LogP contribution in [-0.4, -0.2) is 26.8 Å². The molecular formula is C15H10N2O3. The van der Waals surface area contributed by atoms with E-state index in [1.165, 1.54) is 18.3 Å². The largest absolute Gasteiger partial charge is 0.478 e. The normalized spacial score (nSPS) is 10.6. The third-order valence-electron chi connectivity index (χ3n) is 3.03. The van der Waals surface area contributed by atoms with Crippen LogP contribution in [0.3, 0.4) is 0 Å². The lowest BCUT2D eigenvalue weighted by Crippen LogP contribution is -2.12. The number of carboxylic acids is 1. The van der Waals surface area contributed by atoms with Crippen molar-refractivity contribution in [1.82, 2.24) is 9.97 Å². The molecule has 0 fully saturated rings. The van der Waals surface area contributed by atoms with Gasteiger partial charge in [-0.2, -0.15) is 0 Å². The zero-order valence-corrected chi connectivity index (χ0v) is 10.3. The van der Waals surface area contributed by atoms with E-state index >= 15 is 0 Å². The number of aromatic amines is 1. The van der Waals surface area contributed by atoms with Crippen LogP contribution in [-0.2, 0) is 0 Å². The molecule has 20 heavy (non-hydrogen) atoms. The van der Waals surface area contributed by atoms with Crippen molar-refractivity contribution in [3.63, 3.8) is 0 Å². The maximum atomic E-state index is 12.4. The Kier molecular flexibility index (Phi) is 2.80. The fourth-order valence-electron chi connectivity index (χ4n) is 2.08. The van der Waals surface area contributed by atoms with E-state index in [0.717, 1.165) is 10.9 Å². The summed E-state index contributed by atoms with van der Waals surface area (Å²) in [7, 11) is 0. The predicted octanol–water partition coefficient (Wildman–Crippen LogP) is 2.49. The molecule has 3 rings (SSSR count). The van der Waals surface area contributed by atoms with Crippen molar-refractivity contribution < 1.29 is 14.7 Å². The number of rotatable bonds is 3. The zero-order chi connectivity index (χ0) is 14.1. The quantitative estimate of drug-likeness (QED) is 0.713. The number of H-pyrrole nitrogens is 1. The third-order valence-corrected chi connectivity index (χ3v) is 3.03. The number of carbonyl (C=O) groups is 2. The lowest BCUT2D eigenvalue weighted by atomic mass is 10.1. The van der Waals surface area contributed by atoms with Gasteiger partial charge in [-0.25, -0.2) is 4.79 Å². The molecule has 0 atom stereocenters. The van der Waals surface area contributed by atoms with Gasteiger partial charge in [0.1, 0.15) is 5.69 Å². The van der Waals surface area contributed by atoms with Crippen LogP contribution in [0.1, 0.15) is 26.5 Å². The summed E-state index contributed by atoms with van der Waals surface area (Å²) < 4.78 is 0. The number of nitrogens with one attached hydrogen (secondary N) is 1. The number of fused-ring (bicyclic) bond motifs is 1. The van der Waals surface area contributed by atoms with Crippen molar-refractivity contribution in [3.05, 3.63) is 65.6 Å². The molecule has 0 saturated heterocycles. The highest BCUT2D eigenvalue weighted by Crippen LogP contribution is 2.18. The molecule has 0 aliphatic carbocycles. The second-order valence-corrected chi connectivity index (χ2v) is 4.30. The number of carbonyl (C=O) groups excluding carboxylic acids is 1. The minimum atomic E-state index is -1.17. The van der Waals surface area contributed by atoms with Gasteiger partial charge in [0, 0.05) is 17.1 Å². The van der Waals surface area contributed by atoms with Crippen molar-refractivity contribution in [2.75, 3.05) is 0 Å². The number of carboxylic acid groups (broad SMARTS) is 1. The van der Waals surface area contributed by atoms with Crippen LogP contribution >= 0.6 is 0 Å². The Labute approximate surface area is 113 Å². The number of ketones is 1. The van der Waals surface area contributed by atoms with Crippen molar-refractivity contribution in [1.29, 1.82) is 0 Å². The number of hydrogen-bond acceptors (Lipinski definition) is 3. The van der Waals surface area contributed by atoms with Gasteiger partial charge < -0.3 is 10.1 Å². The maximum absolute atomic E-state index is 12.4. The van der Waals surface area contributed by atoms with Crippen LogP contribution in [0.5, 0.6) is 0 Å². The molecule has 2 heterocycles. The Hall–Kier alpha value is -2.95. The summed E-state index contributed by atoms with van der Waals surface area (Å²) in [6.07, 6.45) is 1.41. The highest BCUT2D eigenvalue weighted by Gasteiger charge is 2.20. The Morgan fingerprint density at radius 3 is 2.65 bits per heavy atom. The molecule has 5 heteroatoms. The number of aromatic nitrogens is 2. The molecule has 98 valence electrons. The van der Waals surface area contributed by atoms with Gasteiger partial charge in [-0.1, -0.05) is 18.2 Å². The summed E-state index contributed by atoms with van der Waals surface area (Å²) in [5.74, 6) is -1.60. The third kappa shape index (κ3) is 1.95. The molecule has 0 radical (unpaired) electrons. The van der Waals surface area contributed by atoms with Gasteiger partial charge in [0.25, 0.3) is 0 Å². The molecule has 1 aromatic carbocycles. The minimum absolute atomic E-state index is 0.0634. The van der Waals surface area contributed by atoms with Crippen LogP contribution in [0.25, 0.3) is 10.9 Å². The Morgan fingerprint density at radius 2 is 1.90 bits per heavy atom. The summed E-state index contributed by atoms with van der Waals surface area (Å²) in [6.45, 7) is 0. The minimum Gasteiger partial charge on any atom is -0.478 e. The summed E-state index contributed by atoms with van der Waals surface area (Å²) in [5, 5.41) is 9.99. The highest BCUT2D eigenvalue weighted by atomic mass is 16.4. The SMILES string of the molecule is O=C(O)c1cccnc1C(=O)c1cc2ccccc2[nH]1. The molecule has 0 aliphatic rings. The van der Waals surface area contributed by atoms with Crippen LogP contribution in [0, 0.1) is 0 Å². The van der Waals surface area contributed by atoms with Gasteiger partial charge in [0.2, 0.25) is 5.78 Å². The van der Waals surface area contributed by atoms with Crippen LogP contribution in [0.15, 0.2) is 48.7 Å². The van der Waals surface area contributed by atoms with Crippen LogP contribution in [0.4, 0.5) is 0 Å². The Morgan fingerprint density at radius 1 is 1.10 bits per heavy atom. The number of aromatic carboxylic acids is 1. The second-order valence-electron chi connectivity index (χ2n) is 4.30. The lowest BCUT2D eigenvalue weighted by Gasteiger charge is -2.01. The number of nitrogens with zero attached hydrogens (tertiary/aromatic N) is 1. The van der Waals surface area contributed by atoms with E-state index in [0.29, 0.717) is 5.69 Å². The molecule has 2 N–H and O–H groups in total. The molecule has 0 spiro atoms. The van der Waals surface area contributed by atoms with Crippen molar-refractivity contribution >= 4 is 22.7 Å². The molecule has 0 bridgehead atoms. The average molecular weight is 266 g/mol. The van der Waals surface area contributed by atoms with E-state index < -0.39 is 11.8 Å². The average Bonchev–Trinajstić information content (AvgIpc) is 2.90. The van der Waals surface area contributed by atoms with Crippen molar-refractivity contribution in [2.24, 2.45) is 0 Å². The monoisotopic (exact) mass is 266 g/mol. The van der Waals surface area contributed by atoms with Gasteiger partial charge in [-0.05, 0) is 24.3 Å². The fourth-order valence-corrected chi connectivity index (χ4v) is 2.08.